The van der Waals surface area contributed by atoms with Crippen LogP contribution in [0.15, 0.2) is 0 Å². The lowest BCUT2D eigenvalue weighted by molar-refractivity contribution is -0.144. The predicted octanol–water partition coefficient (Wildman–Crippen LogP) is 13.6. The molecular formula is C47H93NO5. The molecule has 316 valence electrons. The summed E-state index contributed by atoms with van der Waals surface area (Å²) in [5.74, 6) is 1.55. The number of esters is 2. The number of rotatable bonds is 41. The van der Waals surface area contributed by atoms with Gasteiger partial charge in [0.2, 0.25) is 0 Å². The summed E-state index contributed by atoms with van der Waals surface area (Å²) in [6.45, 7) is 18.1. The van der Waals surface area contributed by atoms with Crippen LogP contribution >= 0.6 is 0 Å². The second-order valence-corrected chi connectivity index (χ2v) is 16.6. The van der Waals surface area contributed by atoms with Gasteiger partial charge < -0.3 is 19.5 Å². The van der Waals surface area contributed by atoms with E-state index in [-0.39, 0.29) is 11.9 Å². The fraction of sp³-hybridized carbons (Fsp3) is 0.957. The molecule has 0 aliphatic heterocycles. The minimum atomic E-state index is -0.597. The standard InChI is InChI=1S/C47H93NO5/c1-7-13-29-43(11-5)31-19-21-33-45(49)52-41-27-17-15-23-35-47(51,37-25-26-40-48(38-9-3)39-10-4)36-24-16-18-28-42-53-46(50)34-22-20-32-44(12-6)30-14-8-2/h43-44,51H,7-42H2,1-6H3. The summed E-state index contributed by atoms with van der Waals surface area (Å²) in [5, 5.41) is 11.8. The zero-order chi connectivity index (χ0) is 39.3. The van der Waals surface area contributed by atoms with Gasteiger partial charge in [0.1, 0.15) is 0 Å². The third-order valence-electron chi connectivity index (χ3n) is 11.6. The van der Waals surface area contributed by atoms with E-state index >= 15 is 0 Å². The molecule has 0 aliphatic rings. The van der Waals surface area contributed by atoms with E-state index in [0.29, 0.717) is 26.1 Å². The minimum Gasteiger partial charge on any atom is -0.466 e. The van der Waals surface area contributed by atoms with E-state index in [1.54, 1.807) is 0 Å². The number of carbonyl (C=O) groups excluding carboxylic acids is 2. The fourth-order valence-corrected chi connectivity index (χ4v) is 7.96. The van der Waals surface area contributed by atoms with Gasteiger partial charge in [0.25, 0.3) is 0 Å². The average molecular weight is 752 g/mol. The van der Waals surface area contributed by atoms with Crippen molar-refractivity contribution in [1.82, 2.24) is 4.90 Å². The molecule has 0 radical (unpaired) electrons. The molecule has 0 aromatic carbocycles. The van der Waals surface area contributed by atoms with Gasteiger partial charge in [0.15, 0.2) is 0 Å². The van der Waals surface area contributed by atoms with Crippen molar-refractivity contribution in [3.8, 4) is 0 Å². The highest BCUT2D eigenvalue weighted by atomic mass is 16.5. The molecule has 1 N–H and O–H groups in total. The monoisotopic (exact) mass is 752 g/mol. The lowest BCUT2D eigenvalue weighted by Gasteiger charge is -2.29. The summed E-state index contributed by atoms with van der Waals surface area (Å²) in [6.07, 6.45) is 33.3. The Morgan fingerprint density at radius 1 is 0.472 bits per heavy atom. The van der Waals surface area contributed by atoms with Gasteiger partial charge in [-0.2, -0.15) is 0 Å². The number of carbonyl (C=O) groups is 2. The Morgan fingerprint density at radius 3 is 1.26 bits per heavy atom. The molecule has 0 saturated heterocycles. The second kappa shape index (κ2) is 37.8. The molecule has 0 aliphatic carbocycles. The first-order valence-electron chi connectivity index (χ1n) is 23.5. The van der Waals surface area contributed by atoms with Crippen LogP contribution in [-0.4, -0.2) is 60.4 Å². The van der Waals surface area contributed by atoms with Gasteiger partial charge in [0, 0.05) is 12.8 Å². The maximum Gasteiger partial charge on any atom is 0.305 e. The molecule has 2 unspecified atom stereocenters. The Labute approximate surface area is 331 Å². The van der Waals surface area contributed by atoms with Crippen LogP contribution in [0.3, 0.4) is 0 Å². The van der Waals surface area contributed by atoms with Gasteiger partial charge in [-0.15, -0.1) is 0 Å². The van der Waals surface area contributed by atoms with Gasteiger partial charge in [-0.1, -0.05) is 157 Å². The van der Waals surface area contributed by atoms with Crippen molar-refractivity contribution in [2.24, 2.45) is 11.8 Å². The van der Waals surface area contributed by atoms with E-state index in [9.17, 15) is 14.7 Å². The molecule has 0 heterocycles. The summed E-state index contributed by atoms with van der Waals surface area (Å²) in [4.78, 5) is 27.0. The summed E-state index contributed by atoms with van der Waals surface area (Å²) in [6, 6.07) is 0. The van der Waals surface area contributed by atoms with E-state index in [1.165, 1.54) is 90.1 Å². The van der Waals surface area contributed by atoms with Crippen LogP contribution in [0, 0.1) is 11.8 Å². The largest absolute Gasteiger partial charge is 0.466 e. The first kappa shape index (κ1) is 51.9. The molecule has 0 rings (SSSR count). The summed E-state index contributed by atoms with van der Waals surface area (Å²) >= 11 is 0. The van der Waals surface area contributed by atoms with Crippen LogP contribution in [-0.2, 0) is 19.1 Å². The molecule has 0 spiro atoms. The molecular weight excluding hydrogens is 659 g/mol. The number of hydrogen-bond acceptors (Lipinski definition) is 6. The van der Waals surface area contributed by atoms with Crippen molar-refractivity contribution >= 4 is 11.9 Å². The van der Waals surface area contributed by atoms with Crippen LogP contribution in [0.2, 0.25) is 0 Å². The lowest BCUT2D eigenvalue weighted by atomic mass is 9.85. The van der Waals surface area contributed by atoms with Crippen molar-refractivity contribution < 1.29 is 24.2 Å². The number of aliphatic hydroxyl groups is 1. The highest BCUT2D eigenvalue weighted by Gasteiger charge is 2.25. The van der Waals surface area contributed by atoms with E-state index in [0.717, 1.165) is 128 Å². The maximum atomic E-state index is 12.2. The third kappa shape index (κ3) is 32.8. The molecule has 0 saturated carbocycles. The Bertz CT molecular complexity index is 748. The van der Waals surface area contributed by atoms with Crippen molar-refractivity contribution in [2.45, 2.75) is 246 Å². The highest BCUT2D eigenvalue weighted by molar-refractivity contribution is 5.69. The fourth-order valence-electron chi connectivity index (χ4n) is 7.96. The van der Waals surface area contributed by atoms with E-state index in [2.05, 4.69) is 46.4 Å². The molecule has 0 fully saturated rings. The van der Waals surface area contributed by atoms with Gasteiger partial charge in [-0.05, 0) is 102 Å². The topological polar surface area (TPSA) is 76.1 Å². The summed E-state index contributed by atoms with van der Waals surface area (Å²) in [5.41, 5.74) is -0.597. The van der Waals surface area contributed by atoms with Crippen LogP contribution in [0.5, 0.6) is 0 Å². The predicted molar refractivity (Wildman–Crippen MR) is 227 cm³/mol. The number of nitrogens with zero attached hydrogens (tertiary/aromatic N) is 1. The molecule has 53 heavy (non-hydrogen) atoms. The van der Waals surface area contributed by atoms with Gasteiger partial charge in [-0.3, -0.25) is 9.59 Å². The number of hydrogen-bond donors (Lipinski definition) is 1. The molecule has 6 nitrogen and oxygen atoms in total. The van der Waals surface area contributed by atoms with Gasteiger partial charge >= 0.3 is 11.9 Å². The molecule has 2 atom stereocenters. The Balaban J connectivity index is 4.39. The average Bonchev–Trinajstić information content (AvgIpc) is 3.15. The zero-order valence-corrected chi connectivity index (χ0v) is 36.6. The van der Waals surface area contributed by atoms with Crippen LogP contribution in [0.25, 0.3) is 0 Å². The number of unbranched alkanes of at least 4 members (excludes halogenated alkanes) is 11. The Morgan fingerprint density at radius 2 is 0.868 bits per heavy atom. The second-order valence-electron chi connectivity index (χ2n) is 16.6. The first-order valence-corrected chi connectivity index (χ1v) is 23.5. The summed E-state index contributed by atoms with van der Waals surface area (Å²) < 4.78 is 11.1. The quantitative estimate of drug-likeness (QED) is 0.0495. The van der Waals surface area contributed by atoms with Crippen LogP contribution in [0.4, 0.5) is 0 Å². The normalized spacial score (nSPS) is 14.0. The van der Waals surface area contributed by atoms with Crippen LogP contribution < -0.4 is 0 Å². The maximum absolute atomic E-state index is 12.2. The molecule has 6 heteroatoms. The Hall–Kier alpha value is -1.14. The molecule has 0 bridgehead atoms. The lowest BCUT2D eigenvalue weighted by Crippen LogP contribution is -2.30. The molecule has 0 aromatic heterocycles. The zero-order valence-electron chi connectivity index (χ0n) is 36.6. The van der Waals surface area contributed by atoms with E-state index in [4.69, 9.17) is 9.47 Å². The van der Waals surface area contributed by atoms with Gasteiger partial charge in [0.05, 0.1) is 18.8 Å². The summed E-state index contributed by atoms with van der Waals surface area (Å²) in [7, 11) is 0. The van der Waals surface area contributed by atoms with Crippen LogP contribution in [0.1, 0.15) is 241 Å². The SMILES string of the molecule is CCCCC(CC)CCCCC(=O)OCCCCCCC(O)(CCCCCCOC(=O)CCCCC(CC)CCCC)CCCCN(CCC)CCC. The van der Waals surface area contributed by atoms with Gasteiger partial charge in [-0.25, -0.2) is 0 Å². The number of ether oxygens (including phenoxy) is 2. The van der Waals surface area contributed by atoms with Crippen molar-refractivity contribution in [3.05, 3.63) is 0 Å². The van der Waals surface area contributed by atoms with E-state index in [1.807, 2.05) is 0 Å². The Kier molecular flexibility index (Phi) is 37.0. The smallest absolute Gasteiger partial charge is 0.305 e. The van der Waals surface area contributed by atoms with E-state index < -0.39 is 5.60 Å². The minimum absolute atomic E-state index is 0.0378. The highest BCUT2D eigenvalue weighted by Crippen LogP contribution is 2.29. The third-order valence-corrected chi connectivity index (χ3v) is 11.6. The van der Waals surface area contributed by atoms with Crippen molar-refractivity contribution in [1.29, 1.82) is 0 Å². The van der Waals surface area contributed by atoms with Crippen molar-refractivity contribution in [2.75, 3.05) is 32.8 Å². The molecule has 0 amide bonds. The first-order chi connectivity index (χ1) is 25.8. The van der Waals surface area contributed by atoms with Crippen molar-refractivity contribution in [3.63, 3.8) is 0 Å². The molecule has 0 aromatic rings.